The van der Waals surface area contributed by atoms with Crippen molar-refractivity contribution in [3.63, 3.8) is 0 Å². The highest BCUT2D eigenvalue weighted by Crippen LogP contribution is 2.41. The second kappa shape index (κ2) is 17.1. The first kappa shape index (κ1) is 41.1. The summed E-state index contributed by atoms with van der Waals surface area (Å²) in [6.07, 6.45) is 10.7. The lowest BCUT2D eigenvalue weighted by molar-refractivity contribution is -0.732. The monoisotopic (exact) mass is 752 g/mol. The Kier molecular flexibility index (Phi) is 13.0. The Balaban J connectivity index is 1.41. The van der Waals surface area contributed by atoms with Gasteiger partial charge in [-0.25, -0.2) is 0 Å². The summed E-state index contributed by atoms with van der Waals surface area (Å²) >= 11 is 0. The number of rotatable bonds is 14. The molecule has 0 bridgehead atoms. The number of hydrogen-bond donors (Lipinski definition) is 5. The van der Waals surface area contributed by atoms with E-state index in [1.165, 1.54) is 6.92 Å². The molecule has 14 nitrogen and oxygen atoms in total. The van der Waals surface area contributed by atoms with E-state index < -0.39 is 59.0 Å². The van der Waals surface area contributed by atoms with Gasteiger partial charge in [-0.3, -0.25) is 33.6 Å². The van der Waals surface area contributed by atoms with Gasteiger partial charge >= 0.3 is 0 Å². The standard InChI is InChI=1S/C40H61N7O7/c1-8-14-27(33(49)38(53)41-26-19-20-26)42-35(50)29-21-25-17-12-13-18-28(25)47(29)39(54)34(40(4,5)6)44-36(51)31(24-15-10-9-11-16-24)43-37(52)32-30(23(3)48)22(2)46(7)45-32/h24-29,31,34H,8-21H2,1-7H3,(H4,41,42,43,44,50,51,52,53)/p+1/t25-,27+,28-,29-,31-,34+/m0/s1. The lowest BCUT2D eigenvalue weighted by Gasteiger charge is -2.40. The van der Waals surface area contributed by atoms with Crippen LogP contribution in [-0.4, -0.2) is 87.4 Å². The van der Waals surface area contributed by atoms with Gasteiger partial charge in [0.25, 0.3) is 11.8 Å². The van der Waals surface area contributed by atoms with Crippen molar-refractivity contribution in [2.75, 3.05) is 0 Å². The molecule has 0 unspecified atom stereocenters. The van der Waals surface area contributed by atoms with Crippen molar-refractivity contribution >= 4 is 41.1 Å². The number of likely N-dealkylation sites (tertiary alicyclic amines) is 1. The lowest BCUT2D eigenvalue weighted by atomic mass is 9.81. The fourth-order valence-electron chi connectivity index (χ4n) is 8.84. The van der Waals surface area contributed by atoms with Crippen molar-refractivity contribution in [3.8, 4) is 0 Å². The molecular weight excluding hydrogens is 690 g/mol. The Hall–Kier alpha value is -4.10. The number of hydrogen-bond acceptors (Lipinski definition) is 7. The largest absolute Gasteiger partial charge is 0.347 e. The van der Waals surface area contributed by atoms with E-state index in [1.807, 2.05) is 27.7 Å². The third-order valence-electron chi connectivity index (χ3n) is 12.1. The second-order valence-corrected chi connectivity index (χ2v) is 17.3. The van der Waals surface area contributed by atoms with E-state index in [1.54, 1.807) is 23.6 Å². The molecule has 5 N–H and O–H groups in total. The molecule has 1 saturated heterocycles. The van der Waals surface area contributed by atoms with Crippen molar-refractivity contribution in [3.05, 3.63) is 17.0 Å². The molecular formula is C40H62N7O7+. The van der Waals surface area contributed by atoms with Crippen LogP contribution in [0.15, 0.2) is 0 Å². The minimum atomic E-state index is -1.04. The van der Waals surface area contributed by atoms with Gasteiger partial charge in [-0.15, -0.1) is 4.68 Å². The van der Waals surface area contributed by atoms with Crippen molar-refractivity contribution in [2.24, 2.45) is 24.3 Å². The molecule has 1 aromatic heterocycles. The third-order valence-corrected chi connectivity index (χ3v) is 12.1. The van der Waals surface area contributed by atoms with Crippen LogP contribution in [-0.2, 0) is 31.0 Å². The molecule has 5 rings (SSSR count). The first-order valence-electron chi connectivity index (χ1n) is 20.2. The maximum absolute atomic E-state index is 14.9. The Labute approximate surface area is 319 Å². The number of aryl methyl sites for hydroxylation is 1. The molecule has 0 spiro atoms. The minimum Gasteiger partial charge on any atom is -0.347 e. The van der Waals surface area contributed by atoms with E-state index in [-0.39, 0.29) is 46.9 Å². The van der Waals surface area contributed by atoms with Crippen LogP contribution >= 0.6 is 0 Å². The Morgan fingerprint density at radius 3 is 2.15 bits per heavy atom. The molecule has 54 heavy (non-hydrogen) atoms. The quantitative estimate of drug-likeness (QED) is 0.110. The van der Waals surface area contributed by atoms with E-state index in [2.05, 4.69) is 26.4 Å². The Morgan fingerprint density at radius 1 is 0.889 bits per heavy atom. The summed E-state index contributed by atoms with van der Waals surface area (Å²) < 4.78 is 1.60. The molecule has 1 aromatic rings. The van der Waals surface area contributed by atoms with Crippen LogP contribution in [0.1, 0.15) is 151 Å². The Morgan fingerprint density at radius 2 is 1.54 bits per heavy atom. The smallest absolute Gasteiger partial charge is 0.289 e. The predicted octanol–water partition coefficient (Wildman–Crippen LogP) is 2.85. The number of H-pyrrole nitrogens is 1. The number of aromatic amines is 1. The third kappa shape index (κ3) is 9.22. The lowest BCUT2D eigenvalue weighted by Crippen LogP contribution is -2.63. The summed E-state index contributed by atoms with van der Waals surface area (Å²) in [4.78, 5) is 97.5. The van der Waals surface area contributed by atoms with Gasteiger partial charge < -0.3 is 26.2 Å². The normalized spacial score (nSPS) is 23.4. The molecule has 0 aromatic carbocycles. The number of nitrogens with one attached hydrogen (secondary N) is 5. The first-order valence-corrected chi connectivity index (χ1v) is 20.2. The number of carbonyl (C=O) groups excluding carboxylic acids is 7. The second-order valence-electron chi connectivity index (χ2n) is 17.3. The SMILES string of the molecule is CCC[C@@H](NC(=O)[C@@H]1C[C@@H]2CCCC[C@@H]2N1C(=O)[C@@H](NC(=O)[C@@H](NC(=O)c1[nH][n+](C)c(C)c1C(C)=O)C1CCCCC1)C(C)(C)C)C(=O)C(=O)NC1CC1. The molecule has 3 aliphatic carbocycles. The van der Waals surface area contributed by atoms with Crippen molar-refractivity contribution in [1.29, 1.82) is 0 Å². The fourth-order valence-corrected chi connectivity index (χ4v) is 8.84. The van der Waals surface area contributed by atoms with Gasteiger partial charge in [0.2, 0.25) is 29.2 Å². The average molecular weight is 753 g/mol. The number of ketones is 2. The van der Waals surface area contributed by atoms with E-state index >= 15 is 0 Å². The van der Waals surface area contributed by atoms with Gasteiger partial charge in [-0.05, 0) is 75.5 Å². The van der Waals surface area contributed by atoms with Gasteiger partial charge in [-0.1, -0.05) is 66.2 Å². The summed E-state index contributed by atoms with van der Waals surface area (Å²) in [6, 6.07) is -4.10. The molecule has 4 aliphatic rings. The van der Waals surface area contributed by atoms with E-state index in [0.29, 0.717) is 25.0 Å². The zero-order chi connectivity index (χ0) is 39.5. The van der Waals surface area contributed by atoms with Crippen LogP contribution in [0.4, 0.5) is 0 Å². The molecule has 1 aliphatic heterocycles. The molecule has 14 heteroatoms. The van der Waals surface area contributed by atoms with Crippen LogP contribution in [0.2, 0.25) is 0 Å². The van der Waals surface area contributed by atoms with Crippen LogP contribution in [0.25, 0.3) is 0 Å². The van der Waals surface area contributed by atoms with E-state index in [0.717, 1.165) is 70.6 Å². The molecule has 298 valence electrons. The minimum absolute atomic E-state index is 0.0000424. The highest BCUT2D eigenvalue weighted by Gasteiger charge is 2.51. The average Bonchev–Trinajstić information content (AvgIpc) is 3.77. The molecule has 4 fully saturated rings. The molecule has 5 amide bonds. The molecule has 6 atom stereocenters. The van der Waals surface area contributed by atoms with Gasteiger partial charge in [0.05, 0.1) is 6.04 Å². The van der Waals surface area contributed by atoms with Crippen LogP contribution in [0.3, 0.4) is 0 Å². The zero-order valence-corrected chi connectivity index (χ0v) is 33.3. The highest BCUT2D eigenvalue weighted by molar-refractivity contribution is 6.38. The molecule has 0 radical (unpaired) electrons. The first-order chi connectivity index (χ1) is 25.5. The number of aromatic nitrogens is 2. The van der Waals surface area contributed by atoms with E-state index in [4.69, 9.17) is 0 Å². The van der Waals surface area contributed by atoms with Gasteiger partial charge in [0.15, 0.2) is 18.5 Å². The maximum Gasteiger partial charge on any atom is 0.289 e. The number of carbonyl (C=O) groups is 7. The molecule has 2 heterocycles. The van der Waals surface area contributed by atoms with Crippen LogP contribution < -0.4 is 25.9 Å². The van der Waals surface area contributed by atoms with Gasteiger partial charge in [-0.2, -0.15) is 5.10 Å². The summed E-state index contributed by atoms with van der Waals surface area (Å²) in [5.41, 5.74) is 0.155. The van der Waals surface area contributed by atoms with Crippen molar-refractivity contribution in [1.82, 2.24) is 31.3 Å². The maximum atomic E-state index is 14.9. The van der Waals surface area contributed by atoms with Crippen LogP contribution in [0.5, 0.6) is 0 Å². The number of fused-ring (bicyclic) bond motifs is 1. The summed E-state index contributed by atoms with van der Waals surface area (Å²) in [5.74, 6) is -3.65. The predicted molar refractivity (Wildman–Crippen MR) is 200 cm³/mol. The summed E-state index contributed by atoms with van der Waals surface area (Å²) in [7, 11) is 1.71. The summed E-state index contributed by atoms with van der Waals surface area (Å²) in [6.45, 7) is 10.6. The topological polar surface area (TPSA) is 191 Å². The van der Waals surface area contributed by atoms with Crippen molar-refractivity contribution < 1.29 is 38.2 Å². The fraction of sp³-hybridized carbons (Fsp3) is 0.750. The summed E-state index contributed by atoms with van der Waals surface area (Å²) in [5, 5.41) is 14.5. The van der Waals surface area contributed by atoms with Gasteiger partial charge in [0, 0.05) is 19.0 Å². The molecule has 3 saturated carbocycles. The van der Waals surface area contributed by atoms with Crippen LogP contribution in [0, 0.1) is 24.2 Å². The number of Topliss-reactive ketones (excluding diaryl/α,β-unsaturated/α-hetero) is 2. The van der Waals surface area contributed by atoms with E-state index in [9.17, 15) is 33.6 Å². The zero-order valence-electron chi connectivity index (χ0n) is 33.3. The number of amides is 5. The number of nitrogens with zero attached hydrogens (tertiary/aromatic N) is 2. The Bertz CT molecular complexity index is 1620. The van der Waals surface area contributed by atoms with Crippen molar-refractivity contribution in [2.45, 2.75) is 168 Å². The van der Waals surface area contributed by atoms with Gasteiger partial charge in [0.1, 0.15) is 23.7 Å². The highest BCUT2D eigenvalue weighted by atomic mass is 16.2.